The molecule has 1 aliphatic rings. The first-order chi connectivity index (χ1) is 9.38. The first-order valence-corrected chi connectivity index (χ1v) is 8.58. The molecule has 0 aliphatic heterocycles. The quantitative estimate of drug-likeness (QED) is 0.626. The average molecular weight is 319 g/mol. The SMILES string of the molecule is CS(=O)(=O)c1ncc(Cl)c(C(=O)OC2CCCCC2)n1. The number of sulfone groups is 1. The first kappa shape index (κ1) is 15.2. The van der Waals surface area contributed by atoms with Crippen LogP contribution in [0.25, 0.3) is 0 Å². The summed E-state index contributed by atoms with van der Waals surface area (Å²) < 4.78 is 28.1. The molecule has 0 N–H and O–H groups in total. The van der Waals surface area contributed by atoms with Crippen molar-refractivity contribution in [3.05, 3.63) is 16.9 Å². The van der Waals surface area contributed by atoms with Gasteiger partial charge in [-0.3, -0.25) is 0 Å². The van der Waals surface area contributed by atoms with Crippen LogP contribution in [0.15, 0.2) is 11.4 Å². The van der Waals surface area contributed by atoms with Gasteiger partial charge in [-0.25, -0.2) is 23.2 Å². The van der Waals surface area contributed by atoms with Gasteiger partial charge in [-0.05, 0) is 25.7 Å². The van der Waals surface area contributed by atoms with E-state index in [1.54, 1.807) is 0 Å². The minimum absolute atomic E-state index is 0.0155. The number of halogens is 1. The second-order valence-electron chi connectivity index (χ2n) is 4.79. The molecular weight excluding hydrogens is 304 g/mol. The Morgan fingerprint density at radius 3 is 2.60 bits per heavy atom. The van der Waals surface area contributed by atoms with Crippen molar-refractivity contribution in [3.63, 3.8) is 0 Å². The Kier molecular flexibility index (Phi) is 4.59. The highest BCUT2D eigenvalue weighted by atomic mass is 35.5. The lowest BCUT2D eigenvalue weighted by atomic mass is 9.98. The zero-order chi connectivity index (χ0) is 14.8. The second kappa shape index (κ2) is 6.05. The highest BCUT2D eigenvalue weighted by Gasteiger charge is 2.23. The van der Waals surface area contributed by atoms with Crippen LogP contribution in [0.4, 0.5) is 0 Å². The molecule has 1 heterocycles. The Hall–Kier alpha value is -1.21. The van der Waals surface area contributed by atoms with E-state index in [0.29, 0.717) is 0 Å². The zero-order valence-electron chi connectivity index (χ0n) is 11.0. The van der Waals surface area contributed by atoms with Gasteiger partial charge < -0.3 is 4.74 Å². The summed E-state index contributed by atoms with van der Waals surface area (Å²) >= 11 is 5.84. The summed E-state index contributed by atoms with van der Waals surface area (Å²) in [4.78, 5) is 19.3. The molecular formula is C12H15ClN2O4S. The number of hydrogen-bond acceptors (Lipinski definition) is 6. The van der Waals surface area contributed by atoms with Gasteiger partial charge in [0.2, 0.25) is 15.0 Å². The molecule has 0 amide bonds. The lowest BCUT2D eigenvalue weighted by molar-refractivity contribution is 0.0203. The number of carbonyl (C=O) groups excluding carboxylic acids is 1. The summed E-state index contributed by atoms with van der Waals surface area (Å²) in [5, 5.41) is -0.448. The summed E-state index contributed by atoms with van der Waals surface area (Å²) in [6.45, 7) is 0. The van der Waals surface area contributed by atoms with Crippen molar-refractivity contribution in [2.24, 2.45) is 0 Å². The summed E-state index contributed by atoms with van der Waals surface area (Å²) in [6, 6.07) is 0. The summed E-state index contributed by atoms with van der Waals surface area (Å²) in [5.41, 5.74) is -0.201. The van der Waals surface area contributed by atoms with E-state index in [-0.39, 0.29) is 16.8 Å². The molecule has 8 heteroatoms. The molecule has 110 valence electrons. The predicted octanol–water partition coefficient (Wildman–Crippen LogP) is 2.02. The van der Waals surface area contributed by atoms with Crippen molar-refractivity contribution in [2.45, 2.75) is 43.4 Å². The fourth-order valence-corrected chi connectivity index (χ4v) is 2.73. The Morgan fingerprint density at radius 2 is 2.00 bits per heavy atom. The van der Waals surface area contributed by atoms with Gasteiger partial charge in [0, 0.05) is 6.26 Å². The third-order valence-corrected chi connectivity index (χ3v) is 4.21. The van der Waals surface area contributed by atoms with Crippen molar-refractivity contribution in [1.29, 1.82) is 0 Å². The number of nitrogens with zero attached hydrogens (tertiary/aromatic N) is 2. The minimum Gasteiger partial charge on any atom is -0.458 e. The maximum atomic E-state index is 12.0. The van der Waals surface area contributed by atoms with Crippen LogP contribution >= 0.6 is 11.6 Å². The Bertz CT molecular complexity index is 612. The fraction of sp³-hybridized carbons (Fsp3) is 0.583. The Labute approximate surface area is 122 Å². The lowest BCUT2D eigenvalue weighted by Gasteiger charge is -2.21. The van der Waals surface area contributed by atoms with E-state index < -0.39 is 21.0 Å². The summed E-state index contributed by atoms with van der Waals surface area (Å²) in [7, 11) is -3.60. The molecule has 1 aliphatic carbocycles. The number of rotatable bonds is 3. The topological polar surface area (TPSA) is 86.2 Å². The van der Waals surface area contributed by atoms with Gasteiger partial charge in [0.15, 0.2) is 5.69 Å². The number of aromatic nitrogens is 2. The number of ether oxygens (including phenoxy) is 1. The van der Waals surface area contributed by atoms with Crippen molar-refractivity contribution in [2.75, 3.05) is 6.26 Å². The van der Waals surface area contributed by atoms with Gasteiger partial charge in [0.05, 0.1) is 11.2 Å². The monoisotopic (exact) mass is 318 g/mol. The van der Waals surface area contributed by atoms with Crippen LogP contribution in [-0.4, -0.2) is 36.7 Å². The van der Waals surface area contributed by atoms with Gasteiger partial charge in [0.25, 0.3) is 0 Å². The first-order valence-electron chi connectivity index (χ1n) is 6.31. The molecule has 1 aromatic heterocycles. The van der Waals surface area contributed by atoms with Gasteiger partial charge in [-0.2, -0.15) is 0 Å². The number of esters is 1. The molecule has 1 aromatic rings. The van der Waals surface area contributed by atoms with Crippen LogP contribution in [0.1, 0.15) is 42.6 Å². The van der Waals surface area contributed by atoms with Gasteiger partial charge in [-0.15, -0.1) is 0 Å². The third-order valence-electron chi connectivity index (χ3n) is 3.07. The van der Waals surface area contributed by atoms with E-state index in [9.17, 15) is 13.2 Å². The summed E-state index contributed by atoms with van der Waals surface area (Å²) in [5.74, 6) is -0.700. The molecule has 0 unspecified atom stereocenters. The molecule has 0 bridgehead atoms. The van der Waals surface area contributed by atoms with Crippen molar-refractivity contribution in [1.82, 2.24) is 9.97 Å². The minimum atomic E-state index is -3.60. The number of hydrogen-bond donors (Lipinski definition) is 0. The van der Waals surface area contributed by atoms with E-state index in [4.69, 9.17) is 16.3 Å². The van der Waals surface area contributed by atoms with Gasteiger partial charge in [0.1, 0.15) is 6.10 Å². The maximum absolute atomic E-state index is 12.0. The van der Waals surface area contributed by atoms with E-state index in [2.05, 4.69) is 9.97 Å². The predicted molar refractivity (Wildman–Crippen MR) is 72.4 cm³/mol. The zero-order valence-corrected chi connectivity index (χ0v) is 12.6. The molecule has 0 aromatic carbocycles. The molecule has 6 nitrogen and oxygen atoms in total. The Balaban J connectivity index is 2.20. The lowest BCUT2D eigenvalue weighted by Crippen LogP contribution is -2.22. The van der Waals surface area contributed by atoms with Crippen molar-refractivity contribution >= 4 is 27.4 Å². The average Bonchev–Trinajstić information content (AvgIpc) is 2.39. The Morgan fingerprint density at radius 1 is 1.35 bits per heavy atom. The molecule has 20 heavy (non-hydrogen) atoms. The second-order valence-corrected chi connectivity index (χ2v) is 7.10. The molecule has 0 spiro atoms. The van der Waals surface area contributed by atoms with Gasteiger partial charge in [-0.1, -0.05) is 18.0 Å². The molecule has 0 atom stereocenters. The molecule has 1 fully saturated rings. The normalized spacial score (nSPS) is 16.9. The molecule has 0 saturated heterocycles. The van der Waals surface area contributed by atoms with Crippen LogP contribution in [0, 0.1) is 0 Å². The standard InChI is InChI=1S/C12H15ClN2O4S/c1-20(17,18)12-14-7-9(13)10(15-12)11(16)19-8-5-3-2-4-6-8/h7-8H,2-6H2,1H3. The number of carbonyl (C=O) groups is 1. The van der Waals surface area contributed by atoms with Crippen LogP contribution in [0.5, 0.6) is 0 Å². The van der Waals surface area contributed by atoms with Crippen molar-refractivity contribution in [3.8, 4) is 0 Å². The summed E-state index contributed by atoms with van der Waals surface area (Å²) in [6.07, 6.45) is 6.72. The largest absolute Gasteiger partial charge is 0.458 e. The van der Waals surface area contributed by atoms with Crippen LogP contribution in [0.3, 0.4) is 0 Å². The van der Waals surface area contributed by atoms with E-state index in [0.717, 1.165) is 44.6 Å². The molecule has 1 saturated carbocycles. The van der Waals surface area contributed by atoms with Crippen LogP contribution in [0.2, 0.25) is 5.02 Å². The third kappa shape index (κ3) is 3.67. The van der Waals surface area contributed by atoms with E-state index in [1.807, 2.05) is 0 Å². The highest BCUT2D eigenvalue weighted by Crippen LogP contribution is 2.23. The molecule has 2 rings (SSSR count). The van der Waals surface area contributed by atoms with E-state index >= 15 is 0 Å². The van der Waals surface area contributed by atoms with E-state index in [1.165, 1.54) is 0 Å². The van der Waals surface area contributed by atoms with Gasteiger partial charge >= 0.3 is 5.97 Å². The highest BCUT2D eigenvalue weighted by molar-refractivity contribution is 7.90. The van der Waals surface area contributed by atoms with Crippen molar-refractivity contribution < 1.29 is 17.9 Å². The smallest absolute Gasteiger partial charge is 0.358 e. The van der Waals surface area contributed by atoms with Crippen LogP contribution < -0.4 is 0 Å². The fourth-order valence-electron chi connectivity index (χ4n) is 2.06. The van der Waals surface area contributed by atoms with Crippen LogP contribution in [-0.2, 0) is 14.6 Å². The maximum Gasteiger partial charge on any atom is 0.358 e. The molecule has 0 radical (unpaired) electrons.